The van der Waals surface area contributed by atoms with Gasteiger partial charge in [-0.2, -0.15) is 0 Å². The van der Waals surface area contributed by atoms with Gasteiger partial charge in [0.15, 0.2) is 0 Å². The molecule has 2 rings (SSSR count). The molecule has 0 unspecified atom stereocenters. The van der Waals surface area contributed by atoms with Gasteiger partial charge < -0.3 is 16.0 Å². The SMILES string of the molecule is CCN(CCNC(=O)Cc1ccc(N)cc1)c1ccccc1C.Cl.Cl. The Bertz CT molecular complexity index is 647. The van der Waals surface area contributed by atoms with Gasteiger partial charge in [0.2, 0.25) is 5.91 Å². The molecule has 0 fully saturated rings. The van der Waals surface area contributed by atoms with Crippen molar-refractivity contribution in [2.24, 2.45) is 0 Å². The average Bonchev–Trinajstić information content (AvgIpc) is 2.55. The highest BCUT2D eigenvalue weighted by Gasteiger charge is 2.08. The zero-order valence-electron chi connectivity index (χ0n) is 14.7. The number of para-hydroxylation sites is 1. The molecule has 0 heterocycles. The molecule has 0 saturated carbocycles. The highest BCUT2D eigenvalue weighted by Crippen LogP contribution is 2.18. The zero-order valence-corrected chi connectivity index (χ0v) is 16.3. The number of hydrogen-bond donors (Lipinski definition) is 2. The quantitative estimate of drug-likeness (QED) is 0.717. The lowest BCUT2D eigenvalue weighted by atomic mass is 10.1. The van der Waals surface area contributed by atoms with Crippen molar-refractivity contribution in [3.05, 3.63) is 59.7 Å². The molecule has 0 radical (unpaired) electrons. The summed E-state index contributed by atoms with van der Waals surface area (Å²) in [6, 6.07) is 15.7. The monoisotopic (exact) mass is 383 g/mol. The van der Waals surface area contributed by atoms with Crippen LogP contribution in [-0.4, -0.2) is 25.5 Å². The number of amides is 1. The predicted octanol–water partition coefficient (Wildman–Crippen LogP) is 3.61. The third kappa shape index (κ3) is 7.24. The Morgan fingerprint density at radius 3 is 2.32 bits per heavy atom. The van der Waals surface area contributed by atoms with Crippen molar-refractivity contribution in [2.45, 2.75) is 20.3 Å². The second kappa shape index (κ2) is 11.6. The lowest BCUT2D eigenvalue weighted by molar-refractivity contribution is -0.120. The van der Waals surface area contributed by atoms with Gasteiger partial charge in [0, 0.05) is 31.0 Å². The summed E-state index contributed by atoms with van der Waals surface area (Å²) in [4.78, 5) is 14.3. The number of rotatable bonds is 7. The molecular formula is C19H27Cl2N3O. The van der Waals surface area contributed by atoms with Crippen molar-refractivity contribution in [2.75, 3.05) is 30.3 Å². The molecule has 0 aromatic heterocycles. The number of nitrogen functional groups attached to an aromatic ring is 1. The van der Waals surface area contributed by atoms with E-state index in [9.17, 15) is 4.79 Å². The van der Waals surface area contributed by atoms with E-state index in [4.69, 9.17) is 5.73 Å². The number of benzene rings is 2. The number of carbonyl (C=O) groups excluding carboxylic acids is 1. The molecule has 0 aliphatic carbocycles. The van der Waals surface area contributed by atoms with Gasteiger partial charge in [-0.05, 0) is 43.2 Å². The summed E-state index contributed by atoms with van der Waals surface area (Å²) in [5, 5.41) is 2.99. The molecule has 0 bridgehead atoms. The topological polar surface area (TPSA) is 58.4 Å². The van der Waals surface area contributed by atoms with E-state index in [1.54, 1.807) is 0 Å². The van der Waals surface area contributed by atoms with E-state index >= 15 is 0 Å². The molecule has 0 atom stereocenters. The van der Waals surface area contributed by atoms with E-state index in [0.29, 0.717) is 18.7 Å². The summed E-state index contributed by atoms with van der Waals surface area (Å²) >= 11 is 0. The van der Waals surface area contributed by atoms with Crippen molar-refractivity contribution in [1.29, 1.82) is 0 Å². The highest BCUT2D eigenvalue weighted by molar-refractivity contribution is 5.85. The summed E-state index contributed by atoms with van der Waals surface area (Å²) in [5.41, 5.74) is 9.81. The number of carbonyl (C=O) groups is 1. The number of anilines is 2. The van der Waals surface area contributed by atoms with Crippen molar-refractivity contribution >= 4 is 42.1 Å². The molecule has 4 nitrogen and oxygen atoms in total. The first-order valence-electron chi connectivity index (χ1n) is 8.02. The van der Waals surface area contributed by atoms with Crippen molar-refractivity contribution in [3.8, 4) is 0 Å². The molecule has 1 amide bonds. The van der Waals surface area contributed by atoms with E-state index in [2.05, 4.69) is 36.2 Å². The van der Waals surface area contributed by atoms with Crippen LogP contribution in [0.3, 0.4) is 0 Å². The second-order valence-corrected chi connectivity index (χ2v) is 5.63. The average molecular weight is 384 g/mol. The fourth-order valence-corrected chi connectivity index (χ4v) is 2.58. The van der Waals surface area contributed by atoms with E-state index < -0.39 is 0 Å². The maximum absolute atomic E-state index is 12.0. The molecule has 0 aliphatic rings. The van der Waals surface area contributed by atoms with Gasteiger partial charge in [0.05, 0.1) is 6.42 Å². The molecule has 3 N–H and O–H groups in total. The lowest BCUT2D eigenvalue weighted by Crippen LogP contribution is -2.35. The Labute approximate surface area is 162 Å². The molecule has 138 valence electrons. The number of halogens is 2. The van der Waals surface area contributed by atoms with Gasteiger partial charge in [-0.3, -0.25) is 4.79 Å². The molecule has 0 saturated heterocycles. The smallest absolute Gasteiger partial charge is 0.224 e. The van der Waals surface area contributed by atoms with Crippen LogP contribution in [0.5, 0.6) is 0 Å². The molecule has 2 aromatic rings. The standard InChI is InChI=1S/C19H25N3O.2ClH/c1-3-22(18-7-5-4-6-15(18)2)13-12-21-19(23)14-16-8-10-17(20)11-9-16;;/h4-11H,3,12-14,20H2,1-2H3,(H,21,23);2*1H. The molecule has 0 spiro atoms. The maximum atomic E-state index is 12.0. The Kier molecular flexibility index (Phi) is 10.7. The third-order valence-electron chi connectivity index (χ3n) is 3.89. The van der Waals surface area contributed by atoms with E-state index in [1.165, 1.54) is 11.3 Å². The van der Waals surface area contributed by atoms with Crippen LogP contribution in [0.15, 0.2) is 48.5 Å². The first-order chi connectivity index (χ1) is 11.1. The summed E-state index contributed by atoms with van der Waals surface area (Å²) in [5.74, 6) is 0.0376. The molecule has 25 heavy (non-hydrogen) atoms. The number of nitrogens with two attached hydrogens (primary N) is 1. The number of hydrogen-bond acceptors (Lipinski definition) is 3. The Morgan fingerprint density at radius 1 is 1.08 bits per heavy atom. The van der Waals surface area contributed by atoms with Crippen molar-refractivity contribution in [3.63, 3.8) is 0 Å². The number of aryl methyl sites for hydroxylation is 1. The first-order valence-corrected chi connectivity index (χ1v) is 8.02. The van der Waals surface area contributed by atoms with Crippen LogP contribution in [0, 0.1) is 6.92 Å². The van der Waals surface area contributed by atoms with Crippen LogP contribution < -0.4 is 16.0 Å². The van der Waals surface area contributed by atoms with Crippen molar-refractivity contribution < 1.29 is 4.79 Å². The molecule has 6 heteroatoms. The Hall–Kier alpha value is -1.91. The fraction of sp³-hybridized carbons (Fsp3) is 0.316. The predicted molar refractivity (Wildman–Crippen MR) is 111 cm³/mol. The zero-order chi connectivity index (χ0) is 16.7. The summed E-state index contributed by atoms with van der Waals surface area (Å²) < 4.78 is 0. The van der Waals surface area contributed by atoms with Gasteiger partial charge >= 0.3 is 0 Å². The van der Waals surface area contributed by atoms with Gasteiger partial charge in [0.1, 0.15) is 0 Å². The normalized spacial score (nSPS) is 9.52. The Morgan fingerprint density at radius 2 is 1.72 bits per heavy atom. The second-order valence-electron chi connectivity index (χ2n) is 5.63. The minimum absolute atomic E-state index is 0. The van der Waals surface area contributed by atoms with E-state index in [1.807, 2.05) is 36.4 Å². The van der Waals surface area contributed by atoms with Gasteiger partial charge in [-0.15, -0.1) is 24.8 Å². The number of nitrogens with zero attached hydrogens (tertiary/aromatic N) is 1. The summed E-state index contributed by atoms with van der Waals surface area (Å²) in [6.45, 7) is 6.59. The number of nitrogens with one attached hydrogen (secondary N) is 1. The van der Waals surface area contributed by atoms with Gasteiger partial charge in [-0.1, -0.05) is 30.3 Å². The van der Waals surface area contributed by atoms with Crippen LogP contribution in [-0.2, 0) is 11.2 Å². The summed E-state index contributed by atoms with van der Waals surface area (Å²) in [6.07, 6.45) is 0.386. The largest absolute Gasteiger partial charge is 0.399 e. The van der Waals surface area contributed by atoms with Gasteiger partial charge in [0.25, 0.3) is 0 Å². The van der Waals surface area contributed by atoms with E-state index in [0.717, 1.165) is 18.7 Å². The summed E-state index contributed by atoms with van der Waals surface area (Å²) in [7, 11) is 0. The Balaban J connectivity index is 0.00000288. The van der Waals surface area contributed by atoms with Crippen LogP contribution in [0.1, 0.15) is 18.1 Å². The van der Waals surface area contributed by atoms with Crippen LogP contribution in [0.2, 0.25) is 0 Å². The lowest BCUT2D eigenvalue weighted by Gasteiger charge is -2.25. The molecular weight excluding hydrogens is 357 g/mol. The first kappa shape index (κ1) is 23.1. The van der Waals surface area contributed by atoms with Crippen LogP contribution >= 0.6 is 24.8 Å². The third-order valence-corrected chi connectivity index (χ3v) is 3.89. The minimum Gasteiger partial charge on any atom is -0.399 e. The highest BCUT2D eigenvalue weighted by atomic mass is 35.5. The maximum Gasteiger partial charge on any atom is 0.224 e. The molecule has 0 aliphatic heterocycles. The van der Waals surface area contributed by atoms with Crippen LogP contribution in [0.25, 0.3) is 0 Å². The van der Waals surface area contributed by atoms with Crippen molar-refractivity contribution in [1.82, 2.24) is 5.32 Å². The fourth-order valence-electron chi connectivity index (χ4n) is 2.58. The molecule has 2 aromatic carbocycles. The van der Waals surface area contributed by atoms with Crippen LogP contribution in [0.4, 0.5) is 11.4 Å². The number of likely N-dealkylation sites (N-methyl/N-ethyl adjacent to an activating group) is 1. The van der Waals surface area contributed by atoms with Gasteiger partial charge in [-0.25, -0.2) is 0 Å². The van der Waals surface area contributed by atoms with E-state index in [-0.39, 0.29) is 30.7 Å². The minimum atomic E-state index is 0.